The van der Waals surface area contributed by atoms with Crippen molar-refractivity contribution in [2.24, 2.45) is 12.9 Å². The predicted octanol–water partition coefficient (Wildman–Crippen LogP) is 2.16. The van der Waals surface area contributed by atoms with Crippen LogP contribution < -0.4 is 10.1 Å². The third-order valence-corrected chi connectivity index (χ3v) is 5.44. The number of nitrogens with zero attached hydrogens (tertiary/aromatic N) is 6. The smallest absolute Gasteiger partial charge is 0.257 e. The molecule has 0 unspecified atom stereocenters. The van der Waals surface area contributed by atoms with Gasteiger partial charge in [-0.3, -0.25) is 4.68 Å². The normalized spacial score (nSPS) is 25.6. The summed E-state index contributed by atoms with van der Waals surface area (Å²) < 4.78 is 42.6. The van der Waals surface area contributed by atoms with Gasteiger partial charge in [-0.2, -0.15) is 10.2 Å². The van der Waals surface area contributed by atoms with Gasteiger partial charge in [-0.15, -0.1) is 5.10 Å². The summed E-state index contributed by atoms with van der Waals surface area (Å²) in [5.74, 6) is 0.594. The first-order valence-electron chi connectivity index (χ1n) is 11.3. The molecule has 30 heavy (non-hydrogen) atoms. The molecule has 1 N–H and O–H groups in total. The van der Waals surface area contributed by atoms with Gasteiger partial charge in [-0.1, -0.05) is 6.92 Å². The number of anilines is 2. The molecule has 0 radical (unpaired) electrons. The van der Waals surface area contributed by atoms with Crippen LogP contribution in [0, 0.1) is 17.2 Å². The van der Waals surface area contributed by atoms with Crippen molar-refractivity contribution >= 4 is 22.7 Å². The summed E-state index contributed by atoms with van der Waals surface area (Å²) >= 11 is 0. The molecular weight excluding hydrogens is 386 g/mol. The van der Waals surface area contributed by atoms with E-state index in [1.165, 1.54) is 6.20 Å². The lowest BCUT2D eigenvalue weighted by Crippen LogP contribution is -2.17. The molecule has 2 aliphatic rings. The van der Waals surface area contributed by atoms with Crippen molar-refractivity contribution in [3.05, 3.63) is 24.2 Å². The van der Waals surface area contributed by atoms with E-state index in [4.69, 9.17) is 18.3 Å². The number of fused-ring (bicyclic) bond motifs is 1. The highest BCUT2D eigenvalue weighted by atomic mass is 16.6. The van der Waals surface area contributed by atoms with E-state index in [1.807, 2.05) is 4.57 Å². The molecule has 5 rings (SSSR count). The van der Waals surface area contributed by atoms with Gasteiger partial charge in [0.1, 0.15) is 29.2 Å². The number of hydrogen-bond acceptors (Lipinski definition) is 8. The fourth-order valence-corrected chi connectivity index (χ4v) is 3.88. The van der Waals surface area contributed by atoms with Crippen LogP contribution in [0.4, 0.5) is 11.6 Å². The highest BCUT2D eigenvalue weighted by Gasteiger charge is 2.29. The van der Waals surface area contributed by atoms with Crippen LogP contribution in [0.25, 0.3) is 11.0 Å². The van der Waals surface area contributed by atoms with Gasteiger partial charge < -0.3 is 24.1 Å². The molecule has 0 aromatic carbocycles. The molecule has 3 aromatic rings. The number of rotatable bonds is 5. The highest BCUT2D eigenvalue weighted by molar-refractivity contribution is 5.79. The Kier molecular flexibility index (Phi) is 3.96. The molecule has 10 heteroatoms. The predicted molar refractivity (Wildman–Crippen MR) is 108 cm³/mol. The molecule has 2 saturated heterocycles. The first-order valence-corrected chi connectivity index (χ1v) is 9.81. The SMILES string of the molecule is [2H]C([2H])([2H])n1cc(Nc2ncc3cc(C#N)n([C@H]4COC[C@@H]4C)c3n2)c(O[C@H]2CCOC2)n1. The number of hydrogen-bond donors (Lipinski definition) is 1. The number of aryl methyl sites for hydroxylation is 1. The second-order valence-electron chi connectivity index (χ2n) is 7.59. The third kappa shape index (κ3) is 3.36. The second kappa shape index (κ2) is 7.59. The van der Waals surface area contributed by atoms with E-state index in [0.717, 1.165) is 10.1 Å². The molecule has 10 nitrogen and oxygen atoms in total. The Labute approximate surface area is 177 Å². The largest absolute Gasteiger partial charge is 0.469 e. The number of ether oxygens (including phenoxy) is 3. The zero-order chi connectivity index (χ0) is 23.2. The highest BCUT2D eigenvalue weighted by Crippen LogP contribution is 2.32. The molecule has 0 amide bonds. The van der Waals surface area contributed by atoms with Crippen molar-refractivity contribution in [3.8, 4) is 11.9 Å². The van der Waals surface area contributed by atoms with Gasteiger partial charge in [-0.05, 0) is 6.07 Å². The van der Waals surface area contributed by atoms with Crippen molar-refractivity contribution in [2.45, 2.75) is 25.5 Å². The fraction of sp³-hybridized carbons (Fsp3) is 0.500. The summed E-state index contributed by atoms with van der Waals surface area (Å²) in [5, 5.41) is 17.5. The van der Waals surface area contributed by atoms with Crippen LogP contribution in [0.2, 0.25) is 0 Å². The Morgan fingerprint density at radius 1 is 1.37 bits per heavy atom. The summed E-state index contributed by atoms with van der Waals surface area (Å²) in [6.45, 7) is 1.71. The summed E-state index contributed by atoms with van der Waals surface area (Å²) in [6.07, 6.45) is 3.45. The van der Waals surface area contributed by atoms with E-state index < -0.39 is 6.98 Å². The van der Waals surface area contributed by atoms with E-state index in [0.29, 0.717) is 49.9 Å². The lowest BCUT2D eigenvalue weighted by atomic mass is 10.1. The minimum Gasteiger partial charge on any atom is -0.469 e. The maximum absolute atomic E-state index is 9.66. The maximum atomic E-state index is 9.66. The van der Waals surface area contributed by atoms with Gasteiger partial charge in [0.2, 0.25) is 5.95 Å². The van der Waals surface area contributed by atoms with Crippen molar-refractivity contribution in [2.75, 3.05) is 31.7 Å². The van der Waals surface area contributed by atoms with Gasteiger partial charge in [0, 0.05) is 35.0 Å². The average molecular weight is 412 g/mol. The minimum absolute atomic E-state index is 0.0144. The van der Waals surface area contributed by atoms with E-state index in [9.17, 15) is 5.26 Å². The van der Waals surface area contributed by atoms with Crippen molar-refractivity contribution in [1.82, 2.24) is 24.3 Å². The zero-order valence-corrected chi connectivity index (χ0v) is 16.4. The first-order chi connectivity index (χ1) is 15.8. The molecule has 0 aliphatic carbocycles. The van der Waals surface area contributed by atoms with Gasteiger partial charge in [0.15, 0.2) is 0 Å². The Balaban J connectivity index is 1.51. The van der Waals surface area contributed by atoms with Crippen LogP contribution in [0.3, 0.4) is 0 Å². The summed E-state index contributed by atoms with van der Waals surface area (Å²) in [4.78, 5) is 8.99. The van der Waals surface area contributed by atoms with Crippen LogP contribution in [-0.4, -0.2) is 56.8 Å². The molecule has 3 atom stereocenters. The quantitative estimate of drug-likeness (QED) is 0.678. The van der Waals surface area contributed by atoms with Gasteiger partial charge in [0.25, 0.3) is 5.88 Å². The topological polar surface area (TPSA) is 112 Å². The van der Waals surface area contributed by atoms with Crippen molar-refractivity contribution in [3.63, 3.8) is 0 Å². The van der Waals surface area contributed by atoms with Gasteiger partial charge in [0.05, 0.1) is 38.7 Å². The number of aromatic nitrogens is 5. The summed E-state index contributed by atoms with van der Waals surface area (Å²) in [7, 11) is 0. The van der Waals surface area contributed by atoms with Crippen LogP contribution >= 0.6 is 0 Å². The molecule has 0 saturated carbocycles. The standard InChI is InChI=1S/C20H23N7O3/c1-12-9-29-11-17(12)27-14(6-21)5-13-7-22-20(24-18(13)27)23-16-8-26(2)25-19(16)30-15-3-4-28-10-15/h5,7-8,12,15,17H,3-4,9-11H2,1-2H3,(H,22,23,24)/t12-,15-,17-/m0/s1/i2D3. The Morgan fingerprint density at radius 3 is 3.03 bits per heavy atom. The van der Waals surface area contributed by atoms with Crippen molar-refractivity contribution in [1.29, 1.82) is 5.26 Å². The molecule has 156 valence electrons. The lowest BCUT2D eigenvalue weighted by molar-refractivity contribution is 0.138. The van der Waals surface area contributed by atoms with Crippen LogP contribution in [-0.2, 0) is 16.4 Å². The molecular formula is C20H23N7O3. The average Bonchev–Trinajstić information content (AvgIpc) is 3.55. The number of nitrogens with one attached hydrogen (secondary N) is 1. The molecule has 5 heterocycles. The lowest BCUT2D eigenvalue weighted by Gasteiger charge is -2.17. The molecule has 0 bridgehead atoms. The first kappa shape index (κ1) is 15.6. The molecule has 0 spiro atoms. The summed E-state index contributed by atoms with van der Waals surface area (Å²) in [6, 6.07) is 3.97. The minimum atomic E-state index is -2.47. The van der Waals surface area contributed by atoms with Gasteiger partial charge >= 0.3 is 0 Å². The monoisotopic (exact) mass is 412 g/mol. The molecule has 2 aliphatic heterocycles. The Hall–Kier alpha value is -3.16. The van der Waals surface area contributed by atoms with Crippen LogP contribution in [0.5, 0.6) is 5.88 Å². The van der Waals surface area contributed by atoms with E-state index in [1.54, 1.807) is 12.3 Å². The molecule has 2 fully saturated rings. The fourth-order valence-electron chi connectivity index (χ4n) is 3.88. The van der Waals surface area contributed by atoms with Crippen molar-refractivity contribution < 1.29 is 18.3 Å². The van der Waals surface area contributed by atoms with Crippen LogP contribution in [0.1, 0.15) is 29.2 Å². The summed E-state index contributed by atoms with van der Waals surface area (Å²) in [5.41, 5.74) is 1.41. The molecule has 3 aromatic heterocycles. The van der Waals surface area contributed by atoms with E-state index in [-0.39, 0.29) is 29.9 Å². The maximum Gasteiger partial charge on any atom is 0.257 e. The van der Waals surface area contributed by atoms with E-state index >= 15 is 0 Å². The second-order valence-corrected chi connectivity index (χ2v) is 7.59. The third-order valence-electron chi connectivity index (χ3n) is 5.44. The van der Waals surface area contributed by atoms with E-state index in [2.05, 4.69) is 33.4 Å². The van der Waals surface area contributed by atoms with Gasteiger partial charge in [-0.25, -0.2) is 4.98 Å². The van der Waals surface area contributed by atoms with Crippen LogP contribution in [0.15, 0.2) is 18.5 Å². The number of nitriles is 1. The Morgan fingerprint density at radius 2 is 2.30 bits per heavy atom. The Bertz CT molecular complexity index is 1210. The zero-order valence-electron chi connectivity index (χ0n) is 19.4.